The van der Waals surface area contributed by atoms with E-state index in [1.54, 1.807) is 0 Å². The van der Waals surface area contributed by atoms with Crippen molar-refractivity contribution in [2.75, 3.05) is 5.73 Å². The molecule has 0 spiro atoms. The van der Waals surface area contributed by atoms with Crippen LogP contribution in [0.25, 0.3) is 22.3 Å². The maximum Gasteiger partial charge on any atom is 0.0314 e. The molecule has 0 heterocycles. The van der Waals surface area contributed by atoms with E-state index in [9.17, 15) is 0 Å². The summed E-state index contributed by atoms with van der Waals surface area (Å²) in [7, 11) is 0. The molecule has 0 unspecified atom stereocenters. The fourth-order valence-electron chi connectivity index (χ4n) is 2.29. The third kappa shape index (κ3) is 2.43. The number of hydrogen-bond donors (Lipinski definition) is 2. The normalized spacial score (nSPS) is 10.4. The van der Waals surface area contributed by atoms with Crippen LogP contribution in [0.4, 0.5) is 5.69 Å². The highest BCUT2D eigenvalue weighted by Gasteiger charge is 2.08. The standard InChI is InChI=1S/C18H15NS/c19-15-11-9-14(10-12-15)17-8-4-7-16(18(17)20)13-5-2-1-3-6-13/h1-12,20H,19H2. The molecule has 0 aliphatic rings. The molecule has 0 fully saturated rings. The van der Waals surface area contributed by atoms with Gasteiger partial charge in [0.1, 0.15) is 0 Å². The Kier molecular flexibility index (Phi) is 3.48. The quantitative estimate of drug-likeness (QED) is 0.506. The fraction of sp³-hybridized carbons (Fsp3) is 0. The maximum atomic E-state index is 5.74. The summed E-state index contributed by atoms with van der Waals surface area (Å²) < 4.78 is 0. The van der Waals surface area contributed by atoms with Crippen LogP contribution < -0.4 is 5.73 Å². The molecule has 20 heavy (non-hydrogen) atoms. The smallest absolute Gasteiger partial charge is 0.0314 e. The van der Waals surface area contributed by atoms with Crippen molar-refractivity contribution in [1.29, 1.82) is 0 Å². The van der Waals surface area contributed by atoms with Gasteiger partial charge in [-0.1, -0.05) is 60.7 Å². The first-order chi connectivity index (χ1) is 9.75. The molecule has 2 N–H and O–H groups in total. The molecule has 3 aromatic carbocycles. The van der Waals surface area contributed by atoms with Crippen molar-refractivity contribution in [3.63, 3.8) is 0 Å². The largest absolute Gasteiger partial charge is 0.399 e. The highest BCUT2D eigenvalue weighted by atomic mass is 32.1. The molecule has 0 bridgehead atoms. The second kappa shape index (κ2) is 5.43. The first-order valence-electron chi connectivity index (χ1n) is 6.49. The molecule has 0 amide bonds. The van der Waals surface area contributed by atoms with Crippen molar-refractivity contribution in [1.82, 2.24) is 0 Å². The Bertz CT molecular complexity index is 718. The van der Waals surface area contributed by atoms with Gasteiger partial charge in [-0.3, -0.25) is 0 Å². The molecule has 3 rings (SSSR count). The predicted molar refractivity (Wildman–Crippen MR) is 89.0 cm³/mol. The number of hydrogen-bond acceptors (Lipinski definition) is 2. The van der Waals surface area contributed by atoms with Crippen LogP contribution in [0.3, 0.4) is 0 Å². The van der Waals surface area contributed by atoms with Gasteiger partial charge in [0.2, 0.25) is 0 Å². The zero-order valence-corrected chi connectivity index (χ0v) is 11.8. The van der Waals surface area contributed by atoms with E-state index in [2.05, 4.69) is 30.3 Å². The second-order valence-electron chi connectivity index (χ2n) is 4.69. The molecule has 1 nitrogen and oxygen atoms in total. The Morgan fingerprint density at radius 3 is 1.75 bits per heavy atom. The summed E-state index contributed by atoms with van der Waals surface area (Å²) in [5.41, 5.74) is 11.1. The number of nitrogen functional groups attached to an aromatic ring is 1. The number of nitrogens with two attached hydrogens (primary N) is 1. The van der Waals surface area contributed by atoms with E-state index in [0.717, 1.165) is 27.3 Å². The second-order valence-corrected chi connectivity index (χ2v) is 5.14. The van der Waals surface area contributed by atoms with E-state index in [1.807, 2.05) is 42.5 Å². The highest BCUT2D eigenvalue weighted by Crippen LogP contribution is 2.35. The Balaban J connectivity index is 2.13. The van der Waals surface area contributed by atoms with Gasteiger partial charge in [-0.2, -0.15) is 0 Å². The van der Waals surface area contributed by atoms with Gasteiger partial charge in [-0.15, -0.1) is 12.6 Å². The lowest BCUT2D eigenvalue weighted by atomic mass is 9.98. The van der Waals surface area contributed by atoms with E-state index in [4.69, 9.17) is 18.4 Å². The van der Waals surface area contributed by atoms with Gasteiger partial charge in [-0.25, -0.2) is 0 Å². The zero-order valence-electron chi connectivity index (χ0n) is 11.0. The van der Waals surface area contributed by atoms with Crippen molar-refractivity contribution in [2.24, 2.45) is 0 Å². The topological polar surface area (TPSA) is 26.0 Å². The summed E-state index contributed by atoms with van der Waals surface area (Å²) in [6.07, 6.45) is 0. The summed E-state index contributed by atoms with van der Waals surface area (Å²) in [6.45, 7) is 0. The monoisotopic (exact) mass is 277 g/mol. The van der Waals surface area contributed by atoms with Gasteiger partial charge in [0.15, 0.2) is 0 Å². The van der Waals surface area contributed by atoms with Crippen LogP contribution in [-0.2, 0) is 0 Å². The Hall–Kier alpha value is -2.19. The van der Waals surface area contributed by atoms with E-state index in [0.29, 0.717) is 0 Å². The van der Waals surface area contributed by atoms with Gasteiger partial charge >= 0.3 is 0 Å². The number of rotatable bonds is 2. The van der Waals surface area contributed by atoms with Gasteiger partial charge in [-0.05, 0) is 34.4 Å². The minimum atomic E-state index is 0.772. The van der Waals surface area contributed by atoms with Crippen LogP contribution in [0.15, 0.2) is 77.7 Å². The van der Waals surface area contributed by atoms with Gasteiger partial charge in [0.25, 0.3) is 0 Å². The molecule has 0 aliphatic carbocycles. The van der Waals surface area contributed by atoms with Crippen molar-refractivity contribution >= 4 is 18.3 Å². The fourth-order valence-corrected chi connectivity index (χ4v) is 2.70. The Morgan fingerprint density at radius 2 is 1.15 bits per heavy atom. The summed E-state index contributed by atoms with van der Waals surface area (Å²) in [5.74, 6) is 0. The highest BCUT2D eigenvalue weighted by molar-refractivity contribution is 7.80. The SMILES string of the molecule is Nc1ccc(-c2cccc(-c3ccccc3)c2S)cc1. The third-order valence-corrected chi connectivity index (χ3v) is 3.82. The van der Waals surface area contributed by atoms with Crippen molar-refractivity contribution in [2.45, 2.75) is 4.90 Å². The van der Waals surface area contributed by atoms with Crippen molar-refractivity contribution in [3.8, 4) is 22.3 Å². The number of anilines is 1. The first-order valence-corrected chi connectivity index (χ1v) is 6.94. The van der Waals surface area contributed by atoms with Crippen LogP contribution >= 0.6 is 12.6 Å². The summed E-state index contributed by atoms with van der Waals surface area (Å²) in [6, 6.07) is 24.4. The minimum absolute atomic E-state index is 0.772. The predicted octanol–water partition coefficient (Wildman–Crippen LogP) is 4.89. The lowest BCUT2D eigenvalue weighted by Gasteiger charge is -2.11. The molecule has 0 saturated heterocycles. The van der Waals surface area contributed by atoms with Crippen LogP contribution in [0.5, 0.6) is 0 Å². The lowest BCUT2D eigenvalue weighted by molar-refractivity contribution is 1.44. The molecule has 0 aliphatic heterocycles. The molecule has 0 radical (unpaired) electrons. The van der Waals surface area contributed by atoms with Crippen molar-refractivity contribution in [3.05, 3.63) is 72.8 Å². The Labute approximate surface area is 124 Å². The van der Waals surface area contributed by atoms with Crippen molar-refractivity contribution < 1.29 is 0 Å². The summed E-state index contributed by atoms with van der Waals surface area (Å²) in [4.78, 5) is 0.989. The van der Waals surface area contributed by atoms with Crippen LogP contribution in [0, 0.1) is 0 Å². The third-order valence-electron chi connectivity index (χ3n) is 3.34. The van der Waals surface area contributed by atoms with Gasteiger partial charge in [0, 0.05) is 10.6 Å². The molecule has 98 valence electrons. The van der Waals surface area contributed by atoms with Crippen LogP contribution in [0.1, 0.15) is 0 Å². The molecule has 3 aromatic rings. The number of thiol groups is 1. The molecular weight excluding hydrogens is 262 g/mol. The first kappa shape index (κ1) is 12.8. The zero-order chi connectivity index (χ0) is 13.9. The van der Waals surface area contributed by atoms with E-state index < -0.39 is 0 Å². The van der Waals surface area contributed by atoms with E-state index in [-0.39, 0.29) is 0 Å². The average molecular weight is 277 g/mol. The van der Waals surface area contributed by atoms with E-state index >= 15 is 0 Å². The molecule has 0 atom stereocenters. The molecule has 0 aromatic heterocycles. The van der Waals surface area contributed by atoms with E-state index in [1.165, 1.54) is 5.56 Å². The maximum absolute atomic E-state index is 5.74. The van der Waals surface area contributed by atoms with Crippen LogP contribution in [-0.4, -0.2) is 0 Å². The van der Waals surface area contributed by atoms with Gasteiger partial charge < -0.3 is 5.73 Å². The van der Waals surface area contributed by atoms with Crippen LogP contribution in [0.2, 0.25) is 0 Å². The number of benzene rings is 3. The van der Waals surface area contributed by atoms with Gasteiger partial charge in [0.05, 0.1) is 0 Å². The minimum Gasteiger partial charge on any atom is -0.399 e. The average Bonchev–Trinajstić information content (AvgIpc) is 2.49. The molecule has 2 heteroatoms. The summed E-state index contributed by atoms with van der Waals surface area (Å²) in [5, 5.41) is 0. The molecule has 0 saturated carbocycles. The lowest BCUT2D eigenvalue weighted by Crippen LogP contribution is -1.87. The Morgan fingerprint density at radius 1 is 0.600 bits per heavy atom. The molecular formula is C18H15NS. The summed E-state index contributed by atoms with van der Waals surface area (Å²) >= 11 is 4.73.